The van der Waals surface area contributed by atoms with Crippen molar-refractivity contribution in [3.63, 3.8) is 0 Å². The van der Waals surface area contributed by atoms with Gasteiger partial charge >= 0.3 is 12.1 Å². The van der Waals surface area contributed by atoms with Crippen LogP contribution in [0.4, 0.5) is 22.0 Å². The number of alkyl halides is 5. The lowest BCUT2D eigenvalue weighted by Crippen LogP contribution is -2.35. The third-order valence-corrected chi connectivity index (χ3v) is 1.76. The molecule has 0 unspecified atom stereocenters. The minimum absolute atomic E-state index is 0.0253. The third-order valence-electron chi connectivity index (χ3n) is 1.76. The SMILES string of the molecule is CCCc1n[nH]nc1C(F)(F)C(F)(F)F. The number of rotatable bonds is 3. The van der Waals surface area contributed by atoms with Crippen molar-refractivity contribution in [1.29, 1.82) is 0 Å². The van der Waals surface area contributed by atoms with Gasteiger partial charge in [0.1, 0.15) is 0 Å². The molecular formula is C7H8F5N3. The van der Waals surface area contributed by atoms with Crippen LogP contribution in [0.25, 0.3) is 0 Å². The molecule has 1 rings (SSSR count). The molecular weight excluding hydrogens is 221 g/mol. The largest absolute Gasteiger partial charge is 0.459 e. The van der Waals surface area contributed by atoms with E-state index >= 15 is 0 Å². The highest BCUT2D eigenvalue weighted by molar-refractivity contribution is 5.16. The molecule has 1 heterocycles. The first-order valence-electron chi connectivity index (χ1n) is 4.15. The van der Waals surface area contributed by atoms with E-state index in [9.17, 15) is 22.0 Å². The van der Waals surface area contributed by atoms with Crippen LogP contribution in [0.1, 0.15) is 24.7 Å². The van der Waals surface area contributed by atoms with Gasteiger partial charge in [-0.25, -0.2) is 0 Å². The van der Waals surface area contributed by atoms with Gasteiger partial charge in [-0.05, 0) is 6.42 Å². The van der Waals surface area contributed by atoms with Gasteiger partial charge in [-0.15, -0.1) is 0 Å². The maximum absolute atomic E-state index is 12.8. The monoisotopic (exact) mass is 229 g/mol. The number of H-pyrrole nitrogens is 1. The highest BCUT2D eigenvalue weighted by Gasteiger charge is 2.61. The number of nitrogens with one attached hydrogen (secondary N) is 1. The Kier molecular flexibility index (Phi) is 2.96. The van der Waals surface area contributed by atoms with E-state index in [0.29, 0.717) is 6.42 Å². The van der Waals surface area contributed by atoms with Crippen LogP contribution in [0.15, 0.2) is 0 Å². The van der Waals surface area contributed by atoms with Gasteiger partial charge in [0.25, 0.3) is 0 Å². The molecule has 0 aliphatic carbocycles. The molecule has 0 amide bonds. The van der Waals surface area contributed by atoms with Crippen molar-refractivity contribution in [2.75, 3.05) is 0 Å². The minimum Gasteiger partial charge on any atom is -0.197 e. The van der Waals surface area contributed by atoms with Crippen LogP contribution in [0.3, 0.4) is 0 Å². The average Bonchev–Trinajstić information content (AvgIpc) is 2.51. The van der Waals surface area contributed by atoms with Crippen LogP contribution >= 0.6 is 0 Å². The molecule has 0 fully saturated rings. The Morgan fingerprint density at radius 2 is 1.73 bits per heavy atom. The summed E-state index contributed by atoms with van der Waals surface area (Å²) >= 11 is 0. The summed E-state index contributed by atoms with van der Waals surface area (Å²) in [7, 11) is 0. The predicted molar refractivity (Wildman–Crippen MR) is 40.3 cm³/mol. The van der Waals surface area contributed by atoms with Crippen molar-refractivity contribution in [2.24, 2.45) is 0 Å². The summed E-state index contributed by atoms with van der Waals surface area (Å²) in [5.41, 5.74) is -1.68. The van der Waals surface area contributed by atoms with Gasteiger partial charge in [-0.1, -0.05) is 13.3 Å². The van der Waals surface area contributed by atoms with Gasteiger partial charge in [-0.3, -0.25) is 0 Å². The van der Waals surface area contributed by atoms with Gasteiger partial charge in [0, 0.05) is 0 Å². The lowest BCUT2D eigenvalue weighted by molar-refractivity contribution is -0.291. The molecule has 0 aromatic carbocycles. The quantitative estimate of drug-likeness (QED) is 0.808. The highest BCUT2D eigenvalue weighted by atomic mass is 19.4. The van der Waals surface area contributed by atoms with Crippen molar-refractivity contribution in [1.82, 2.24) is 15.4 Å². The van der Waals surface area contributed by atoms with Gasteiger partial charge < -0.3 is 0 Å². The molecule has 1 aromatic rings. The van der Waals surface area contributed by atoms with Crippen LogP contribution in [0.5, 0.6) is 0 Å². The Bertz CT molecular complexity index is 330. The third kappa shape index (κ3) is 2.07. The van der Waals surface area contributed by atoms with Crippen LogP contribution in [0, 0.1) is 0 Å². The number of halogens is 5. The molecule has 0 aliphatic rings. The molecule has 0 bridgehead atoms. The van der Waals surface area contributed by atoms with E-state index in [4.69, 9.17) is 0 Å². The van der Waals surface area contributed by atoms with E-state index in [0.717, 1.165) is 0 Å². The standard InChI is InChI=1S/C7H8F5N3/c1-2-3-4-5(14-15-13-4)6(8,9)7(10,11)12/h2-3H2,1H3,(H,13,14,15). The lowest BCUT2D eigenvalue weighted by Gasteiger charge is -2.17. The summed E-state index contributed by atoms with van der Waals surface area (Å²) in [6, 6.07) is 0. The lowest BCUT2D eigenvalue weighted by atomic mass is 10.1. The maximum Gasteiger partial charge on any atom is 0.459 e. The Labute approximate surface area is 81.7 Å². The maximum atomic E-state index is 12.8. The van der Waals surface area contributed by atoms with Crippen molar-refractivity contribution < 1.29 is 22.0 Å². The Balaban J connectivity index is 3.09. The van der Waals surface area contributed by atoms with E-state index in [1.807, 2.05) is 0 Å². The number of hydrogen-bond acceptors (Lipinski definition) is 2. The molecule has 3 nitrogen and oxygen atoms in total. The fourth-order valence-corrected chi connectivity index (χ4v) is 1.05. The van der Waals surface area contributed by atoms with Crippen LogP contribution in [-0.4, -0.2) is 21.6 Å². The molecule has 15 heavy (non-hydrogen) atoms. The highest BCUT2D eigenvalue weighted by Crippen LogP contribution is 2.43. The van der Waals surface area contributed by atoms with Gasteiger partial charge in [0.15, 0.2) is 5.69 Å². The van der Waals surface area contributed by atoms with Crippen LogP contribution in [-0.2, 0) is 12.3 Å². The Morgan fingerprint density at radius 3 is 2.20 bits per heavy atom. The van der Waals surface area contributed by atoms with E-state index in [1.54, 1.807) is 12.1 Å². The smallest absolute Gasteiger partial charge is 0.197 e. The van der Waals surface area contributed by atoms with Crippen molar-refractivity contribution in [3.05, 3.63) is 11.4 Å². The second-order valence-corrected chi connectivity index (χ2v) is 2.94. The molecule has 8 heteroatoms. The summed E-state index contributed by atoms with van der Waals surface area (Å²) < 4.78 is 61.6. The van der Waals surface area contributed by atoms with E-state index in [2.05, 4.69) is 10.2 Å². The average molecular weight is 229 g/mol. The number of aromatic nitrogens is 3. The Hall–Kier alpha value is -1.21. The molecule has 1 aromatic heterocycles. The first-order valence-corrected chi connectivity index (χ1v) is 4.15. The molecule has 0 saturated carbocycles. The fourth-order valence-electron chi connectivity index (χ4n) is 1.05. The first-order chi connectivity index (χ1) is 6.80. The predicted octanol–water partition coefficient (Wildman–Crippen LogP) is 2.41. The van der Waals surface area contributed by atoms with Crippen LogP contribution in [0.2, 0.25) is 0 Å². The molecule has 0 spiro atoms. The minimum atomic E-state index is -5.65. The van der Waals surface area contributed by atoms with Crippen molar-refractivity contribution in [2.45, 2.75) is 31.9 Å². The summed E-state index contributed by atoms with van der Waals surface area (Å²) in [6.07, 6.45) is -5.21. The molecule has 1 N–H and O–H groups in total. The van der Waals surface area contributed by atoms with E-state index in [-0.39, 0.29) is 12.1 Å². The molecule has 0 saturated heterocycles. The normalized spacial score (nSPS) is 13.2. The second kappa shape index (κ2) is 3.74. The van der Waals surface area contributed by atoms with Gasteiger partial charge in [-0.2, -0.15) is 37.4 Å². The molecule has 86 valence electrons. The summed E-state index contributed by atoms with van der Waals surface area (Å²) in [4.78, 5) is 0. The molecule has 0 aliphatic heterocycles. The van der Waals surface area contributed by atoms with Crippen LogP contribution < -0.4 is 0 Å². The summed E-state index contributed by atoms with van der Waals surface area (Å²) in [5, 5.41) is 7.92. The fraction of sp³-hybridized carbons (Fsp3) is 0.714. The van der Waals surface area contributed by atoms with Gasteiger partial charge in [0.05, 0.1) is 5.69 Å². The van der Waals surface area contributed by atoms with Gasteiger partial charge in [0.2, 0.25) is 0 Å². The number of aromatic amines is 1. The Morgan fingerprint density at radius 1 is 1.13 bits per heavy atom. The molecule has 0 radical (unpaired) electrons. The number of hydrogen-bond donors (Lipinski definition) is 1. The van der Waals surface area contributed by atoms with Crippen molar-refractivity contribution >= 4 is 0 Å². The molecule has 0 atom stereocenters. The topological polar surface area (TPSA) is 41.6 Å². The first kappa shape index (κ1) is 11.9. The summed E-state index contributed by atoms with van der Waals surface area (Å²) in [5.74, 6) is -4.95. The zero-order valence-electron chi connectivity index (χ0n) is 7.70. The van der Waals surface area contributed by atoms with Crippen molar-refractivity contribution in [3.8, 4) is 0 Å². The number of aryl methyl sites for hydroxylation is 1. The van der Waals surface area contributed by atoms with E-state index < -0.39 is 17.8 Å². The van der Waals surface area contributed by atoms with E-state index in [1.165, 1.54) is 0 Å². The summed E-state index contributed by atoms with van der Waals surface area (Å²) in [6.45, 7) is 1.64. The zero-order valence-corrected chi connectivity index (χ0v) is 7.70. The second-order valence-electron chi connectivity index (χ2n) is 2.94. The number of nitrogens with zero attached hydrogens (tertiary/aromatic N) is 2. The zero-order chi connectivity index (χ0) is 11.7.